The van der Waals surface area contributed by atoms with E-state index in [-0.39, 0.29) is 11.5 Å². The van der Waals surface area contributed by atoms with Gasteiger partial charge in [0.25, 0.3) is 0 Å². The molecule has 1 N–H and O–H groups in total. The molecular weight excluding hydrogens is 222 g/mol. The average Bonchev–Trinajstić information content (AvgIpc) is 2.45. The van der Waals surface area contributed by atoms with Gasteiger partial charge in [0.15, 0.2) is 0 Å². The van der Waals surface area contributed by atoms with E-state index in [4.69, 9.17) is 0 Å². The van der Waals surface area contributed by atoms with Crippen LogP contribution in [-0.2, 0) is 0 Å². The first-order chi connectivity index (χ1) is 8.30. The summed E-state index contributed by atoms with van der Waals surface area (Å²) in [7, 11) is 0. The maximum absolute atomic E-state index is 10.4. The molecule has 1 heterocycles. The zero-order valence-corrected chi connectivity index (χ0v) is 12.7. The van der Waals surface area contributed by atoms with Gasteiger partial charge in [0, 0.05) is 6.54 Å². The molecule has 0 spiro atoms. The molecule has 1 aliphatic heterocycles. The van der Waals surface area contributed by atoms with Gasteiger partial charge in [-0.1, -0.05) is 27.7 Å². The Morgan fingerprint density at radius 3 is 2.39 bits per heavy atom. The van der Waals surface area contributed by atoms with Gasteiger partial charge < -0.3 is 10.0 Å². The van der Waals surface area contributed by atoms with Crippen molar-refractivity contribution in [2.45, 2.75) is 65.9 Å². The standard InChI is InChI=1S/C16H31NO/c1-15(2)7-5-10-17(11-9-15)12-13-6-8-16(3,4)14(13)18/h13-14,18H,5-12H2,1-4H3. The lowest BCUT2D eigenvalue weighted by Gasteiger charge is -2.30. The van der Waals surface area contributed by atoms with Gasteiger partial charge in [-0.05, 0) is 61.9 Å². The van der Waals surface area contributed by atoms with Crippen LogP contribution in [0.4, 0.5) is 0 Å². The third-order valence-corrected chi connectivity index (χ3v) is 5.33. The highest BCUT2D eigenvalue weighted by molar-refractivity contribution is 4.92. The highest BCUT2D eigenvalue weighted by atomic mass is 16.3. The van der Waals surface area contributed by atoms with Crippen molar-refractivity contribution in [3.8, 4) is 0 Å². The van der Waals surface area contributed by atoms with E-state index in [0.717, 1.165) is 6.54 Å². The fourth-order valence-electron chi connectivity index (χ4n) is 3.69. The molecule has 0 aromatic carbocycles. The number of likely N-dealkylation sites (tertiary alicyclic amines) is 1. The van der Waals surface area contributed by atoms with Gasteiger partial charge in [-0.3, -0.25) is 0 Å². The summed E-state index contributed by atoms with van der Waals surface area (Å²) < 4.78 is 0. The van der Waals surface area contributed by atoms with Crippen LogP contribution in [0.1, 0.15) is 59.8 Å². The summed E-state index contributed by atoms with van der Waals surface area (Å²) in [5.74, 6) is 0.501. The SMILES string of the molecule is CC1(C)CCCN(CC2CCC(C)(C)C2O)CC1. The first kappa shape index (κ1) is 14.3. The maximum Gasteiger partial charge on any atom is 0.0631 e. The molecule has 106 valence electrons. The number of hydrogen-bond acceptors (Lipinski definition) is 2. The van der Waals surface area contributed by atoms with Crippen molar-refractivity contribution >= 4 is 0 Å². The Labute approximate surface area is 113 Å². The van der Waals surface area contributed by atoms with Gasteiger partial charge in [-0.25, -0.2) is 0 Å². The van der Waals surface area contributed by atoms with Crippen molar-refractivity contribution in [1.82, 2.24) is 4.90 Å². The highest BCUT2D eigenvalue weighted by Crippen LogP contribution is 2.42. The molecule has 0 aromatic heterocycles. The van der Waals surface area contributed by atoms with Crippen molar-refractivity contribution in [2.24, 2.45) is 16.7 Å². The van der Waals surface area contributed by atoms with Crippen molar-refractivity contribution in [3.63, 3.8) is 0 Å². The summed E-state index contributed by atoms with van der Waals surface area (Å²) in [5.41, 5.74) is 0.651. The van der Waals surface area contributed by atoms with E-state index in [2.05, 4.69) is 32.6 Å². The predicted octanol–water partition coefficient (Wildman–Crippen LogP) is 3.30. The largest absolute Gasteiger partial charge is 0.392 e. The lowest BCUT2D eigenvalue weighted by Crippen LogP contribution is -2.37. The van der Waals surface area contributed by atoms with Gasteiger partial charge >= 0.3 is 0 Å². The Morgan fingerprint density at radius 1 is 1.06 bits per heavy atom. The van der Waals surface area contributed by atoms with Crippen molar-refractivity contribution in [1.29, 1.82) is 0 Å². The summed E-state index contributed by atoms with van der Waals surface area (Å²) in [6.07, 6.45) is 6.25. The molecule has 0 radical (unpaired) electrons. The van der Waals surface area contributed by atoms with Crippen LogP contribution in [-0.4, -0.2) is 35.7 Å². The predicted molar refractivity (Wildman–Crippen MR) is 76.6 cm³/mol. The first-order valence-electron chi connectivity index (χ1n) is 7.71. The van der Waals surface area contributed by atoms with Gasteiger partial charge in [0.2, 0.25) is 0 Å². The minimum absolute atomic E-state index is 0.103. The summed E-state index contributed by atoms with van der Waals surface area (Å²) >= 11 is 0. The molecule has 1 aliphatic carbocycles. The molecule has 1 saturated carbocycles. The zero-order chi connectivity index (χ0) is 13.4. The maximum atomic E-state index is 10.4. The first-order valence-corrected chi connectivity index (χ1v) is 7.71. The molecule has 0 aromatic rings. The van der Waals surface area contributed by atoms with E-state index in [1.807, 2.05) is 0 Å². The van der Waals surface area contributed by atoms with Crippen LogP contribution < -0.4 is 0 Å². The Hall–Kier alpha value is -0.0800. The third kappa shape index (κ3) is 3.27. The molecule has 2 rings (SSSR count). The molecule has 1 saturated heterocycles. The molecule has 2 heteroatoms. The molecule has 2 atom stereocenters. The summed E-state index contributed by atoms with van der Waals surface area (Å²) in [4.78, 5) is 2.60. The van der Waals surface area contributed by atoms with E-state index >= 15 is 0 Å². The molecule has 2 unspecified atom stereocenters. The fourth-order valence-corrected chi connectivity index (χ4v) is 3.69. The summed E-state index contributed by atoms with van der Waals surface area (Å²) in [6.45, 7) is 12.8. The van der Waals surface area contributed by atoms with Crippen LogP contribution >= 0.6 is 0 Å². The molecular formula is C16H31NO. The quantitative estimate of drug-likeness (QED) is 0.816. The Balaban J connectivity index is 1.87. The van der Waals surface area contributed by atoms with Gasteiger partial charge in [-0.15, -0.1) is 0 Å². The number of aliphatic hydroxyl groups is 1. The van der Waals surface area contributed by atoms with E-state index in [9.17, 15) is 5.11 Å². The third-order valence-electron chi connectivity index (χ3n) is 5.33. The lowest BCUT2D eigenvalue weighted by atomic mass is 9.85. The van der Waals surface area contributed by atoms with Crippen LogP contribution in [0.3, 0.4) is 0 Å². The smallest absolute Gasteiger partial charge is 0.0631 e. The molecule has 2 nitrogen and oxygen atoms in total. The Morgan fingerprint density at radius 2 is 1.78 bits per heavy atom. The van der Waals surface area contributed by atoms with Gasteiger partial charge in [-0.2, -0.15) is 0 Å². The number of hydrogen-bond donors (Lipinski definition) is 1. The van der Waals surface area contributed by atoms with Crippen LogP contribution in [0.25, 0.3) is 0 Å². The van der Waals surface area contributed by atoms with Gasteiger partial charge in [0.05, 0.1) is 6.10 Å². The molecule has 2 fully saturated rings. The van der Waals surface area contributed by atoms with Crippen LogP contribution in [0.15, 0.2) is 0 Å². The Kier molecular flexibility index (Phi) is 4.08. The monoisotopic (exact) mass is 253 g/mol. The van der Waals surface area contributed by atoms with E-state index in [1.54, 1.807) is 0 Å². The number of aliphatic hydroxyl groups excluding tert-OH is 1. The molecule has 0 amide bonds. The van der Waals surface area contributed by atoms with E-state index in [0.29, 0.717) is 11.3 Å². The summed E-state index contributed by atoms with van der Waals surface area (Å²) in [6, 6.07) is 0. The summed E-state index contributed by atoms with van der Waals surface area (Å²) in [5, 5.41) is 10.4. The highest BCUT2D eigenvalue weighted by Gasteiger charge is 2.41. The lowest BCUT2D eigenvalue weighted by molar-refractivity contribution is 0.0327. The van der Waals surface area contributed by atoms with Crippen molar-refractivity contribution in [3.05, 3.63) is 0 Å². The minimum atomic E-state index is -0.103. The molecule has 0 bridgehead atoms. The Bertz CT molecular complexity index is 285. The zero-order valence-electron chi connectivity index (χ0n) is 12.7. The van der Waals surface area contributed by atoms with Crippen LogP contribution in [0.2, 0.25) is 0 Å². The average molecular weight is 253 g/mol. The number of nitrogens with zero attached hydrogens (tertiary/aromatic N) is 1. The fraction of sp³-hybridized carbons (Fsp3) is 1.00. The van der Waals surface area contributed by atoms with E-state index < -0.39 is 0 Å². The van der Waals surface area contributed by atoms with Crippen LogP contribution in [0, 0.1) is 16.7 Å². The second-order valence-corrected chi connectivity index (χ2v) is 8.05. The molecule has 2 aliphatic rings. The van der Waals surface area contributed by atoms with E-state index in [1.165, 1.54) is 45.2 Å². The van der Waals surface area contributed by atoms with Gasteiger partial charge in [0.1, 0.15) is 0 Å². The number of rotatable bonds is 2. The van der Waals surface area contributed by atoms with Crippen molar-refractivity contribution < 1.29 is 5.11 Å². The second-order valence-electron chi connectivity index (χ2n) is 8.05. The topological polar surface area (TPSA) is 23.5 Å². The van der Waals surface area contributed by atoms with Crippen LogP contribution in [0.5, 0.6) is 0 Å². The second kappa shape index (κ2) is 5.13. The minimum Gasteiger partial charge on any atom is -0.392 e. The van der Waals surface area contributed by atoms with Crippen molar-refractivity contribution in [2.75, 3.05) is 19.6 Å². The normalized spacial score (nSPS) is 36.5. The molecule has 18 heavy (non-hydrogen) atoms.